The largest absolute Gasteiger partial charge is 0.543 e. The average molecular weight is 767 g/mol. The number of rotatable bonds is 19. The number of thioether (sulfide) groups is 1. The van der Waals surface area contributed by atoms with Crippen molar-refractivity contribution in [2.75, 3.05) is 33.2 Å². The summed E-state index contributed by atoms with van der Waals surface area (Å²) < 4.78 is 32.7. The minimum Gasteiger partial charge on any atom is -0.543 e. The Labute approximate surface area is 309 Å². The van der Waals surface area contributed by atoms with Gasteiger partial charge in [0.05, 0.1) is 37.9 Å². The number of non-ortho nitro benzene ring substituents is 1. The van der Waals surface area contributed by atoms with E-state index in [0.717, 1.165) is 0 Å². The number of aliphatic hydroxyl groups is 1. The number of aliphatic hydroxyl groups excluding tert-OH is 1. The Morgan fingerprint density at radius 2 is 1.71 bits per heavy atom. The standard InChI is InChI=1S/C35H50N2O13SSi/c1-10-47-34(42)49-25(18-38)15-16-30(39)36-27(32(40)46-7)21-51-20-26-29(50-52(8,9)35(3,4)5)17-28(45-6)22(2)31(26)33(41)48-19-23-11-13-24(14-12-23)37(43)44/h11-14,17,25,27,38H,10,15-16,18-21H2,1-9H3,(H,36,39)/t25-,27-/m1/s1. The summed E-state index contributed by atoms with van der Waals surface area (Å²) in [4.78, 5) is 61.6. The Balaban J connectivity index is 2.39. The average Bonchev–Trinajstić information content (AvgIpc) is 3.08. The molecule has 2 atom stereocenters. The van der Waals surface area contributed by atoms with E-state index in [9.17, 15) is 34.4 Å². The molecule has 1 amide bonds. The minimum absolute atomic E-state index is 0.0210. The van der Waals surface area contributed by atoms with Crippen molar-refractivity contribution >= 4 is 49.8 Å². The van der Waals surface area contributed by atoms with Gasteiger partial charge in [-0.1, -0.05) is 20.8 Å². The summed E-state index contributed by atoms with van der Waals surface area (Å²) in [5, 5.41) is 23.0. The van der Waals surface area contributed by atoms with E-state index in [0.29, 0.717) is 28.2 Å². The van der Waals surface area contributed by atoms with Crippen molar-refractivity contribution < 1.29 is 57.3 Å². The Hall–Kier alpha value is -4.35. The fourth-order valence-corrected chi connectivity index (χ4v) is 6.60. The lowest BCUT2D eigenvalue weighted by atomic mass is 10.0. The number of methoxy groups -OCH3 is 2. The summed E-state index contributed by atoms with van der Waals surface area (Å²) in [5.74, 6) is -0.903. The first-order valence-corrected chi connectivity index (χ1v) is 20.6. The molecule has 288 valence electrons. The van der Waals surface area contributed by atoms with Gasteiger partial charge in [0.25, 0.3) is 5.69 Å². The second-order valence-electron chi connectivity index (χ2n) is 13.2. The molecule has 2 aromatic rings. The maximum atomic E-state index is 13.8. The van der Waals surface area contributed by atoms with Crippen molar-refractivity contribution in [2.45, 2.75) is 90.1 Å². The van der Waals surface area contributed by atoms with E-state index in [-0.39, 0.29) is 53.9 Å². The molecule has 0 saturated carbocycles. The lowest BCUT2D eigenvalue weighted by molar-refractivity contribution is -0.384. The van der Waals surface area contributed by atoms with Gasteiger partial charge in [0.15, 0.2) is 0 Å². The van der Waals surface area contributed by atoms with Crippen LogP contribution in [0.2, 0.25) is 18.1 Å². The topological polar surface area (TPSA) is 199 Å². The van der Waals surface area contributed by atoms with Crippen LogP contribution in [0.3, 0.4) is 0 Å². The van der Waals surface area contributed by atoms with Crippen LogP contribution in [0.25, 0.3) is 0 Å². The molecule has 17 heteroatoms. The third-order valence-corrected chi connectivity index (χ3v) is 13.9. The molecule has 2 rings (SSSR count). The Morgan fingerprint density at radius 1 is 1.06 bits per heavy atom. The number of nitrogens with zero attached hydrogens (tertiary/aromatic N) is 1. The predicted molar refractivity (Wildman–Crippen MR) is 196 cm³/mol. The van der Waals surface area contributed by atoms with E-state index in [1.54, 1.807) is 19.9 Å². The van der Waals surface area contributed by atoms with E-state index >= 15 is 0 Å². The van der Waals surface area contributed by atoms with E-state index in [1.807, 2.05) is 0 Å². The molecule has 0 aromatic heterocycles. The highest BCUT2D eigenvalue weighted by atomic mass is 32.2. The quantitative estimate of drug-likeness (QED) is 0.0567. The van der Waals surface area contributed by atoms with Gasteiger partial charge in [0.2, 0.25) is 14.2 Å². The van der Waals surface area contributed by atoms with Crippen LogP contribution in [0.5, 0.6) is 11.5 Å². The maximum absolute atomic E-state index is 13.8. The highest BCUT2D eigenvalue weighted by Crippen LogP contribution is 2.42. The number of benzene rings is 2. The van der Waals surface area contributed by atoms with Crippen molar-refractivity contribution in [3.63, 3.8) is 0 Å². The molecule has 0 spiro atoms. The van der Waals surface area contributed by atoms with E-state index in [1.165, 1.54) is 50.2 Å². The van der Waals surface area contributed by atoms with Gasteiger partial charge < -0.3 is 38.5 Å². The van der Waals surface area contributed by atoms with Gasteiger partial charge in [-0.15, -0.1) is 0 Å². The molecule has 0 saturated heterocycles. The number of hydrogen-bond donors (Lipinski definition) is 2. The van der Waals surface area contributed by atoms with Gasteiger partial charge in [0, 0.05) is 47.3 Å². The lowest BCUT2D eigenvalue weighted by Crippen LogP contribution is -2.44. The second-order valence-corrected chi connectivity index (χ2v) is 19.0. The smallest absolute Gasteiger partial charge is 0.508 e. The summed E-state index contributed by atoms with van der Waals surface area (Å²) >= 11 is 1.24. The number of carbonyl (C=O) groups excluding carboxylic acids is 4. The zero-order valence-corrected chi connectivity index (χ0v) is 33.0. The molecule has 15 nitrogen and oxygen atoms in total. The van der Waals surface area contributed by atoms with Crippen LogP contribution < -0.4 is 14.5 Å². The summed E-state index contributed by atoms with van der Waals surface area (Å²) in [6.07, 6.45) is -2.14. The molecule has 0 fully saturated rings. The van der Waals surface area contributed by atoms with Crippen LogP contribution in [0.15, 0.2) is 30.3 Å². The number of carbonyl (C=O) groups is 4. The number of nitro benzene ring substituents is 1. The minimum atomic E-state index is -2.48. The molecule has 0 heterocycles. The maximum Gasteiger partial charge on any atom is 0.508 e. The number of amides is 1. The summed E-state index contributed by atoms with van der Waals surface area (Å²) in [5.41, 5.74) is 1.65. The summed E-state index contributed by atoms with van der Waals surface area (Å²) in [6.45, 7) is 13.1. The molecule has 0 aliphatic rings. The Morgan fingerprint density at radius 3 is 2.25 bits per heavy atom. The zero-order chi connectivity index (χ0) is 39.2. The van der Waals surface area contributed by atoms with Crippen molar-refractivity contribution in [3.8, 4) is 11.5 Å². The normalized spacial score (nSPS) is 12.6. The van der Waals surface area contributed by atoms with Crippen molar-refractivity contribution in [3.05, 3.63) is 62.7 Å². The van der Waals surface area contributed by atoms with Gasteiger partial charge in [-0.3, -0.25) is 14.9 Å². The van der Waals surface area contributed by atoms with Crippen LogP contribution in [0.1, 0.15) is 67.6 Å². The number of ether oxygens (including phenoxy) is 5. The Kier molecular flexibility index (Phi) is 16.9. The van der Waals surface area contributed by atoms with Crippen molar-refractivity contribution in [2.24, 2.45) is 0 Å². The van der Waals surface area contributed by atoms with Crippen LogP contribution >= 0.6 is 11.8 Å². The highest BCUT2D eigenvalue weighted by Gasteiger charge is 2.40. The van der Waals surface area contributed by atoms with E-state index < -0.39 is 56.0 Å². The SMILES string of the molecule is CCOC(=O)O[C@@H](CO)CCC(=O)N[C@H](CSCc1c(O[Si](C)(C)C(C)(C)C)cc(OC)c(C)c1C(=O)OCc1ccc([N+](=O)[O-])cc1)C(=O)OC. The van der Waals surface area contributed by atoms with Gasteiger partial charge in [-0.05, 0) is 56.1 Å². The first kappa shape index (κ1) is 43.8. The Bertz CT molecular complexity index is 1560. The fraction of sp³-hybridized carbons (Fsp3) is 0.543. The molecule has 2 N–H and O–H groups in total. The highest BCUT2D eigenvalue weighted by molar-refractivity contribution is 7.98. The molecular weight excluding hydrogens is 717 g/mol. The third-order valence-electron chi connectivity index (χ3n) is 8.49. The molecule has 52 heavy (non-hydrogen) atoms. The third kappa shape index (κ3) is 12.7. The van der Waals surface area contributed by atoms with Crippen LogP contribution in [0, 0.1) is 17.0 Å². The zero-order valence-electron chi connectivity index (χ0n) is 31.2. The molecule has 0 radical (unpaired) electrons. The van der Waals surface area contributed by atoms with Crippen LogP contribution in [-0.2, 0) is 40.9 Å². The summed E-state index contributed by atoms with van der Waals surface area (Å²) in [6, 6.07) is 6.31. The predicted octanol–water partition coefficient (Wildman–Crippen LogP) is 5.86. The number of nitro groups is 1. The molecule has 0 bridgehead atoms. The second kappa shape index (κ2) is 20.0. The molecule has 2 aromatic carbocycles. The van der Waals surface area contributed by atoms with Gasteiger partial charge >= 0.3 is 18.1 Å². The molecule has 0 aliphatic heterocycles. The van der Waals surface area contributed by atoms with E-state index in [4.69, 9.17) is 28.1 Å². The monoisotopic (exact) mass is 766 g/mol. The molecule has 0 unspecified atom stereocenters. The van der Waals surface area contributed by atoms with E-state index in [2.05, 4.69) is 39.2 Å². The molecule has 0 aliphatic carbocycles. The first-order chi connectivity index (χ1) is 24.4. The van der Waals surface area contributed by atoms with Crippen molar-refractivity contribution in [1.29, 1.82) is 0 Å². The van der Waals surface area contributed by atoms with Crippen molar-refractivity contribution in [1.82, 2.24) is 5.32 Å². The van der Waals surface area contributed by atoms with Gasteiger partial charge in [0.1, 0.15) is 30.3 Å². The fourth-order valence-electron chi connectivity index (χ4n) is 4.50. The number of nitrogens with one attached hydrogen (secondary N) is 1. The van der Waals surface area contributed by atoms with Gasteiger partial charge in [-0.2, -0.15) is 11.8 Å². The number of hydrogen-bond acceptors (Lipinski definition) is 14. The van der Waals surface area contributed by atoms with Crippen LogP contribution in [0.4, 0.5) is 10.5 Å². The van der Waals surface area contributed by atoms with Crippen LogP contribution in [-0.4, -0.2) is 87.7 Å². The first-order valence-electron chi connectivity index (χ1n) is 16.6. The lowest BCUT2D eigenvalue weighted by Gasteiger charge is -2.37. The molecular formula is C35H50N2O13SSi. The number of esters is 2. The summed E-state index contributed by atoms with van der Waals surface area (Å²) in [7, 11) is 0.196. The van der Waals surface area contributed by atoms with Gasteiger partial charge in [-0.25, -0.2) is 14.4 Å².